The van der Waals surface area contributed by atoms with Crippen molar-refractivity contribution in [2.75, 3.05) is 17.1 Å². The lowest BCUT2D eigenvalue weighted by atomic mass is 10.1. The number of carboxylic acids is 1. The number of nitrogens with zero attached hydrogens (tertiary/aromatic N) is 2. The van der Waals surface area contributed by atoms with Gasteiger partial charge in [-0.05, 0) is 54.8 Å². The molecule has 148 valence electrons. The number of sulfonamides is 1. The fourth-order valence-corrected chi connectivity index (χ4v) is 3.19. The average molecular weight is 403 g/mol. The minimum absolute atomic E-state index is 0.137. The number of hydrazone groups is 1. The Labute approximate surface area is 163 Å². The second-order valence-electron chi connectivity index (χ2n) is 6.26. The first-order valence-electron chi connectivity index (χ1n) is 8.28. The summed E-state index contributed by atoms with van der Waals surface area (Å²) in [6.45, 7) is 3.35. The molecule has 0 atom stereocenters. The number of benzene rings is 2. The van der Waals surface area contributed by atoms with Crippen LogP contribution in [0.1, 0.15) is 27.0 Å². The van der Waals surface area contributed by atoms with Gasteiger partial charge >= 0.3 is 5.97 Å². The minimum atomic E-state index is -3.67. The molecule has 2 aromatic carbocycles. The Balaban J connectivity index is 2.07. The van der Waals surface area contributed by atoms with E-state index in [9.17, 15) is 18.0 Å². The molecule has 0 aliphatic heterocycles. The average Bonchev–Trinajstić information content (AvgIpc) is 2.61. The molecule has 8 nitrogen and oxygen atoms in total. The third-order valence-electron chi connectivity index (χ3n) is 4.03. The molecule has 0 unspecified atom stereocenters. The Morgan fingerprint density at radius 1 is 1.11 bits per heavy atom. The second-order valence-corrected chi connectivity index (χ2v) is 8.17. The SMILES string of the molecule is Cc1ccc(N(CC(=O)N/N=C\c2ccc(C(=O)O)cc2)S(C)(=O)=O)cc1C. The van der Waals surface area contributed by atoms with E-state index in [1.54, 1.807) is 18.2 Å². The van der Waals surface area contributed by atoms with Crippen molar-refractivity contribution in [3.05, 3.63) is 64.7 Å². The van der Waals surface area contributed by atoms with Gasteiger partial charge in [-0.25, -0.2) is 18.6 Å². The van der Waals surface area contributed by atoms with Crippen molar-refractivity contribution in [3.8, 4) is 0 Å². The predicted molar refractivity (Wildman–Crippen MR) is 107 cm³/mol. The van der Waals surface area contributed by atoms with Gasteiger partial charge in [0.15, 0.2) is 0 Å². The lowest BCUT2D eigenvalue weighted by Gasteiger charge is -2.22. The lowest BCUT2D eigenvalue weighted by molar-refractivity contribution is -0.119. The molecule has 0 saturated carbocycles. The maximum absolute atomic E-state index is 12.2. The van der Waals surface area contributed by atoms with Gasteiger partial charge in [0.1, 0.15) is 6.54 Å². The standard InChI is InChI=1S/C19H21N3O5S/c1-13-4-9-17(10-14(13)2)22(28(3,26)27)12-18(23)21-20-11-15-5-7-16(8-6-15)19(24)25/h4-11H,12H2,1-3H3,(H,21,23)(H,24,25)/b20-11-. The van der Waals surface area contributed by atoms with E-state index in [0.717, 1.165) is 21.7 Å². The number of nitrogens with one attached hydrogen (secondary N) is 1. The molecular weight excluding hydrogens is 382 g/mol. The highest BCUT2D eigenvalue weighted by Gasteiger charge is 2.21. The molecule has 28 heavy (non-hydrogen) atoms. The van der Waals surface area contributed by atoms with Gasteiger partial charge in [-0.15, -0.1) is 0 Å². The molecule has 9 heteroatoms. The summed E-state index contributed by atoms with van der Waals surface area (Å²) in [7, 11) is -3.67. The number of amides is 1. The van der Waals surface area contributed by atoms with E-state index in [4.69, 9.17) is 5.11 Å². The van der Waals surface area contributed by atoms with Gasteiger partial charge in [-0.1, -0.05) is 18.2 Å². The summed E-state index contributed by atoms with van der Waals surface area (Å²) in [5.74, 6) is -1.65. The molecule has 0 fully saturated rings. The number of carbonyl (C=O) groups is 2. The van der Waals surface area contributed by atoms with Crippen LogP contribution >= 0.6 is 0 Å². The highest BCUT2D eigenvalue weighted by atomic mass is 32.2. The quantitative estimate of drug-likeness (QED) is 0.541. The van der Waals surface area contributed by atoms with E-state index in [1.807, 2.05) is 13.8 Å². The molecule has 2 rings (SSSR count). The number of aryl methyl sites for hydroxylation is 2. The van der Waals surface area contributed by atoms with Crippen molar-refractivity contribution in [1.82, 2.24) is 5.43 Å². The number of aromatic carboxylic acids is 1. The van der Waals surface area contributed by atoms with Crippen LogP contribution in [-0.4, -0.2) is 44.4 Å². The van der Waals surface area contributed by atoms with Gasteiger partial charge in [-0.2, -0.15) is 5.10 Å². The normalized spacial score (nSPS) is 11.4. The van der Waals surface area contributed by atoms with Crippen LogP contribution in [0.25, 0.3) is 0 Å². The molecule has 0 aromatic heterocycles. The third kappa shape index (κ3) is 5.65. The fraction of sp³-hybridized carbons (Fsp3) is 0.211. The van der Waals surface area contributed by atoms with E-state index in [1.165, 1.54) is 30.5 Å². The van der Waals surface area contributed by atoms with Gasteiger partial charge in [0.25, 0.3) is 5.91 Å². The van der Waals surface area contributed by atoms with E-state index in [-0.39, 0.29) is 5.56 Å². The molecule has 0 spiro atoms. The first-order chi connectivity index (χ1) is 13.1. The number of rotatable bonds is 7. The summed E-state index contributed by atoms with van der Waals surface area (Å²) >= 11 is 0. The van der Waals surface area contributed by atoms with Crippen LogP contribution in [0.3, 0.4) is 0 Å². The molecule has 0 aliphatic rings. The van der Waals surface area contributed by atoms with Gasteiger partial charge in [0, 0.05) is 0 Å². The molecule has 0 heterocycles. The van der Waals surface area contributed by atoms with E-state index >= 15 is 0 Å². The Morgan fingerprint density at radius 2 is 1.75 bits per heavy atom. The summed E-state index contributed by atoms with van der Waals surface area (Å²) in [5.41, 5.74) is 5.32. The van der Waals surface area contributed by atoms with Gasteiger partial charge in [0.05, 0.1) is 23.7 Å². The smallest absolute Gasteiger partial charge is 0.335 e. The lowest BCUT2D eigenvalue weighted by Crippen LogP contribution is -2.39. The molecule has 0 saturated heterocycles. The largest absolute Gasteiger partial charge is 0.478 e. The number of carbonyl (C=O) groups excluding carboxylic acids is 1. The Hall–Kier alpha value is -3.20. The summed E-state index contributed by atoms with van der Waals surface area (Å²) in [6.07, 6.45) is 2.37. The first kappa shape index (κ1) is 21.1. The maximum atomic E-state index is 12.2. The maximum Gasteiger partial charge on any atom is 0.335 e. The van der Waals surface area contributed by atoms with Gasteiger partial charge in [-0.3, -0.25) is 9.10 Å². The number of hydrogen-bond acceptors (Lipinski definition) is 5. The molecule has 2 N–H and O–H groups in total. The van der Waals surface area contributed by atoms with Crippen molar-refractivity contribution in [2.24, 2.45) is 5.10 Å². The summed E-state index contributed by atoms with van der Waals surface area (Å²) in [5, 5.41) is 12.6. The Morgan fingerprint density at radius 3 is 2.29 bits per heavy atom. The van der Waals surface area contributed by atoms with Crippen molar-refractivity contribution < 1.29 is 23.1 Å². The highest BCUT2D eigenvalue weighted by molar-refractivity contribution is 7.92. The molecule has 1 amide bonds. The topological polar surface area (TPSA) is 116 Å². The number of carboxylic acid groups (broad SMARTS) is 1. The Kier molecular flexibility index (Phi) is 6.53. The molecular formula is C19H21N3O5S. The zero-order valence-corrected chi connectivity index (χ0v) is 16.5. The van der Waals surface area contributed by atoms with Crippen molar-refractivity contribution in [2.45, 2.75) is 13.8 Å². The summed E-state index contributed by atoms with van der Waals surface area (Å²) in [4.78, 5) is 23.0. The van der Waals surface area contributed by atoms with E-state index in [2.05, 4.69) is 10.5 Å². The molecule has 0 bridgehead atoms. The zero-order valence-electron chi connectivity index (χ0n) is 15.7. The van der Waals surface area contributed by atoms with Crippen LogP contribution in [0.2, 0.25) is 0 Å². The fourth-order valence-electron chi connectivity index (χ4n) is 2.34. The number of anilines is 1. The zero-order chi connectivity index (χ0) is 20.9. The van der Waals surface area contributed by atoms with Crippen molar-refractivity contribution in [1.29, 1.82) is 0 Å². The van der Waals surface area contributed by atoms with Crippen molar-refractivity contribution >= 4 is 33.8 Å². The van der Waals surface area contributed by atoms with Crippen LogP contribution in [0.4, 0.5) is 5.69 Å². The van der Waals surface area contributed by atoms with Crippen LogP contribution in [0.15, 0.2) is 47.6 Å². The summed E-state index contributed by atoms with van der Waals surface area (Å²) in [6, 6.07) is 11.0. The van der Waals surface area contributed by atoms with Crippen molar-refractivity contribution in [3.63, 3.8) is 0 Å². The predicted octanol–water partition coefficient (Wildman–Crippen LogP) is 1.92. The van der Waals surface area contributed by atoms with Crippen LogP contribution in [-0.2, 0) is 14.8 Å². The molecule has 0 aliphatic carbocycles. The minimum Gasteiger partial charge on any atom is -0.478 e. The summed E-state index contributed by atoms with van der Waals surface area (Å²) < 4.78 is 25.2. The first-order valence-corrected chi connectivity index (χ1v) is 10.1. The van der Waals surface area contributed by atoms with E-state index < -0.39 is 28.4 Å². The van der Waals surface area contributed by atoms with Crippen LogP contribution < -0.4 is 9.73 Å². The van der Waals surface area contributed by atoms with Gasteiger partial charge in [0.2, 0.25) is 10.0 Å². The monoisotopic (exact) mass is 403 g/mol. The number of hydrogen-bond donors (Lipinski definition) is 2. The highest BCUT2D eigenvalue weighted by Crippen LogP contribution is 2.20. The molecule has 2 aromatic rings. The van der Waals surface area contributed by atoms with Crippen LogP contribution in [0.5, 0.6) is 0 Å². The second kappa shape index (κ2) is 8.66. The Bertz CT molecular complexity index is 1010. The van der Waals surface area contributed by atoms with Crippen LogP contribution in [0, 0.1) is 13.8 Å². The van der Waals surface area contributed by atoms with Gasteiger partial charge < -0.3 is 5.11 Å². The third-order valence-corrected chi connectivity index (χ3v) is 5.17. The van der Waals surface area contributed by atoms with E-state index in [0.29, 0.717) is 11.3 Å². The molecule has 0 radical (unpaired) electrons.